The summed E-state index contributed by atoms with van der Waals surface area (Å²) < 4.78 is 2.07. The van der Waals surface area contributed by atoms with E-state index in [4.69, 9.17) is 0 Å². The van der Waals surface area contributed by atoms with E-state index in [9.17, 15) is 0 Å². The van der Waals surface area contributed by atoms with E-state index in [0.717, 1.165) is 32.0 Å². The van der Waals surface area contributed by atoms with Gasteiger partial charge in [0.05, 0.1) is 12.9 Å². The van der Waals surface area contributed by atoms with Gasteiger partial charge in [-0.1, -0.05) is 37.6 Å². The second kappa shape index (κ2) is 9.66. The first kappa shape index (κ1) is 17.1. The van der Waals surface area contributed by atoms with Gasteiger partial charge in [0.2, 0.25) is 0 Å². The molecular weight excluding hydrogens is 286 g/mol. The molecule has 2 rings (SSSR count). The minimum Gasteiger partial charge on any atom is -0.357 e. The summed E-state index contributed by atoms with van der Waals surface area (Å²) >= 11 is 0. The van der Waals surface area contributed by atoms with Crippen molar-refractivity contribution in [2.24, 2.45) is 4.99 Å². The SMILES string of the molecule is CCCCNC(=NCc1cccc(Cn2ccnc2)c1)NCC. The third kappa shape index (κ3) is 6.14. The molecule has 0 aliphatic rings. The maximum Gasteiger partial charge on any atom is 0.191 e. The van der Waals surface area contributed by atoms with Crippen LogP contribution in [0.3, 0.4) is 0 Å². The number of nitrogens with zero attached hydrogens (tertiary/aromatic N) is 3. The molecule has 23 heavy (non-hydrogen) atoms. The van der Waals surface area contributed by atoms with E-state index in [0.29, 0.717) is 6.54 Å². The molecule has 0 fully saturated rings. The normalized spacial score (nSPS) is 11.5. The van der Waals surface area contributed by atoms with E-state index < -0.39 is 0 Å². The van der Waals surface area contributed by atoms with Crippen molar-refractivity contribution >= 4 is 5.96 Å². The standard InChI is InChI=1S/C18H27N5/c1-3-5-9-21-18(20-4-2)22-13-16-7-6-8-17(12-16)14-23-11-10-19-15-23/h6-8,10-12,15H,3-5,9,13-14H2,1-2H3,(H2,20,21,22). The molecule has 5 nitrogen and oxygen atoms in total. The molecule has 0 bridgehead atoms. The number of hydrogen-bond donors (Lipinski definition) is 2. The first-order chi connectivity index (χ1) is 11.3. The summed E-state index contributed by atoms with van der Waals surface area (Å²) in [4.78, 5) is 8.75. The first-order valence-corrected chi connectivity index (χ1v) is 8.37. The van der Waals surface area contributed by atoms with Gasteiger partial charge >= 0.3 is 0 Å². The highest BCUT2D eigenvalue weighted by molar-refractivity contribution is 5.79. The number of aromatic nitrogens is 2. The topological polar surface area (TPSA) is 54.2 Å². The summed E-state index contributed by atoms with van der Waals surface area (Å²) in [5.74, 6) is 0.890. The minimum atomic E-state index is 0.680. The van der Waals surface area contributed by atoms with Gasteiger partial charge in [0, 0.05) is 32.0 Å². The predicted octanol–water partition coefficient (Wildman–Crippen LogP) is 2.79. The molecule has 5 heteroatoms. The Morgan fingerprint density at radius 2 is 2.09 bits per heavy atom. The van der Waals surface area contributed by atoms with Crippen LogP contribution in [0.15, 0.2) is 48.0 Å². The van der Waals surface area contributed by atoms with E-state index in [1.807, 2.05) is 12.5 Å². The maximum absolute atomic E-state index is 4.67. The Hall–Kier alpha value is -2.30. The molecule has 0 atom stereocenters. The van der Waals surface area contributed by atoms with Crippen LogP contribution in [0.2, 0.25) is 0 Å². The molecule has 0 unspecified atom stereocenters. The van der Waals surface area contributed by atoms with Gasteiger partial charge in [-0.25, -0.2) is 9.98 Å². The third-order valence-electron chi connectivity index (χ3n) is 3.50. The van der Waals surface area contributed by atoms with E-state index in [-0.39, 0.29) is 0 Å². The zero-order valence-electron chi connectivity index (χ0n) is 14.1. The quantitative estimate of drug-likeness (QED) is 0.448. The lowest BCUT2D eigenvalue weighted by Gasteiger charge is -2.11. The lowest BCUT2D eigenvalue weighted by molar-refractivity contribution is 0.730. The van der Waals surface area contributed by atoms with Gasteiger partial charge < -0.3 is 15.2 Å². The van der Waals surface area contributed by atoms with Crippen LogP contribution in [-0.4, -0.2) is 28.6 Å². The van der Waals surface area contributed by atoms with Crippen molar-refractivity contribution < 1.29 is 0 Å². The summed E-state index contributed by atoms with van der Waals surface area (Å²) in [5, 5.41) is 6.66. The number of aliphatic imine (C=N–C) groups is 1. The predicted molar refractivity (Wildman–Crippen MR) is 95.5 cm³/mol. The Kier molecular flexibility index (Phi) is 7.17. The molecule has 0 saturated carbocycles. The molecule has 1 aromatic carbocycles. The van der Waals surface area contributed by atoms with Crippen LogP contribution in [-0.2, 0) is 13.1 Å². The average molecular weight is 313 g/mol. The Morgan fingerprint density at radius 3 is 2.83 bits per heavy atom. The van der Waals surface area contributed by atoms with Crippen molar-refractivity contribution in [1.82, 2.24) is 20.2 Å². The van der Waals surface area contributed by atoms with Gasteiger partial charge in [-0.2, -0.15) is 0 Å². The second-order valence-corrected chi connectivity index (χ2v) is 5.53. The van der Waals surface area contributed by atoms with Gasteiger partial charge in [0.25, 0.3) is 0 Å². The highest BCUT2D eigenvalue weighted by Crippen LogP contribution is 2.08. The number of rotatable bonds is 8. The first-order valence-electron chi connectivity index (χ1n) is 8.37. The fourth-order valence-corrected chi connectivity index (χ4v) is 2.31. The highest BCUT2D eigenvalue weighted by Gasteiger charge is 1.99. The molecule has 2 N–H and O–H groups in total. The number of benzene rings is 1. The zero-order valence-corrected chi connectivity index (χ0v) is 14.1. The molecule has 1 heterocycles. The average Bonchev–Trinajstić information content (AvgIpc) is 3.06. The number of nitrogens with one attached hydrogen (secondary N) is 2. The molecular formula is C18H27N5. The largest absolute Gasteiger partial charge is 0.357 e. The van der Waals surface area contributed by atoms with Gasteiger partial charge in [-0.05, 0) is 24.5 Å². The molecule has 0 radical (unpaired) electrons. The number of imidazole rings is 1. The summed E-state index contributed by atoms with van der Waals surface area (Å²) in [6.07, 6.45) is 7.96. The summed E-state index contributed by atoms with van der Waals surface area (Å²) in [7, 11) is 0. The van der Waals surface area contributed by atoms with Crippen LogP contribution in [0.25, 0.3) is 0 Å². The molecule has 0 aliphatic carbocycles. The molecule has 124 valence electrons. The van der Waals surface area contributed by atoms with E-state index >= 15 is 0 Å². The van der Waals surface area contributed by atoms with Crippen molar-refractivity contribution in [3.05, 3.63) is 54.1 Å². The number of guanidine groups is 1. The van der Waals surface area contributed by atoms with Gasteiger partial charge in [0.15, 0.2) is 5.96 Å². The fourth-order valence-electron chi connectivity index (χ4n) is 2.31. The number of hydrogen-bond acceptors (Lipinski definition) is 2. The van der Waals surface area contributed by atoms with Crippen LogP contribution < -0.4 is 10.6 Å². The number of unbranched alkanes of at least 4 members (excludes halogenated alkanes) is 1. The summed E-state index contributed by atoms with van der Waals surface area (Å²) in [5.41, 5.74) is 2.48. The Bertz CT molecular complexity index is 589. The van der Waals surface area contributed by atoms with Crippen LogP contribution in [0.4, 0.5) is 0 Å². The molecule has 1 aromatic heterocycles. The monoisotopic (exact) mass is 313 g/mol. The molecule has 0 saturated heterocycles. The van der Waals surface area contributed by atoms with E-state index in [1.165, 1.54) is 17.5 Å². The van der Waals surface area contributed by atoms with Crippen molar-refractivity contribution in [3.8, 4) is 0 Å². The van der Waals surface area contributed by atoms with Crippen molar-refractivity contribution in [3.63, 3.8) is 0 Å². The molecule has 0 aliphatic heterocycles. The minimum absolute atomic E-state index is 0.680. The second-order valence-electron chi connectivity index (χ2n) is 5.53. The summed E-state index contributed by atoms with van der Waals surface area (Å²) in [6.45, 7) is 7.63. The molecule has 0 spiro atoms. The zero-order chi connectivity index (χ0) is 16.3. The summed E-state index contributed by atoms with van der Waals surface area (Å²) in [6, 6.07) is 8.56. The fraction of sp³-hybridized carbons (Fsp3) is 0.444. The molecule has 0 amide bonds. The Morgan fingerprint density at radius 1 is 1.22 bits per heavy atom. The highest BCUT2D eigenvalue weighted by atomic mass is 15.2. The van der Waals surface area contributed by atoms with Crippen LogP contribution in [0, 0.1) is 0 Å². The van der Waals surface area contributed by atoms with Crippen molar-refractivity contribution in [2.75, 3.05) is 13.1 Å². The van der Waals surface area contributed by atoms with Gasteiger partial charge in [-0.15, -0.1) is 0 Å². The Labute approximate surface area is 138 Å². The van der Waals surface area contributed by atoms with Crippen molar-refractivity contribution in [2.45, 2.75) is 39.8 Å². The van der Waals surface area contributed by atoms with Crippen LogP contribution in [0.5, 0.6) is 0 Å². The lowest BCUT2D eigenvalue weighted by Crippen LogP contribution is -2.37. The molecule has 2 aromatic rings. The third-order valence-corrected chi connectivity index (χ3v) is 3.50. The maximum atomic E-state index is 4.67. The van der Waals surface area contributed by atoms with Crippen LogP contribution in [0.1, 0.15) is 37.8 Å². The van der Waals surface area contributed by atoms with E-state index in [2.05, 4.69) is 63.3 Å². The van der Waals surface area contributed by atoms with Crippen molar-refractivity contribution in [1.29, 1.82) is 0 Å². The van der Waals surface area contributed by atoms with E-state index in [1.54, 1.807) is 6.20 Å². The van der Waals surface area contributed by atoms with Gasteiger partial charge in [-0.3, -0.25) is 0 Å². The Balaban J connectivity index is 1.95. The smallest absolute Gasteiger partial charge is 0.191 e. The van der Waals surface area contributed by atoms with Crippen LogP contribution >= 0.6 is 0 Å². The lowest BCUT2D eigenvalue weighted by atomic mass is 10.1. The van der Waals surface area contributed by atoms with Gasteiger partial charge in [0.1, 0.15) is 0 Å².